The molecule has 0 spiro atoms. The maximum Gasteiger partial charge on any atom is 0.151 e. The number of rotatable bonds is 2. The normalized spacial score (nSPS) is 10.7. The Bertz CT molecular complexity index is 713. The van der Waals surface area contributed by atoms with Gasteiger partial charge in [0.1, 0.15) is 18.9 Å². The van der Waals surface area contributed by atoms with Crippen molar-refractivity contribution >= 4 is 40.3 Å². The Labute approximate surface area is 113 Å². The van der Waals surface area contributed by atoms with Crippen molar-refractivity contribution in [1.82, 2.24) is 15.2 Å². The highest BCUT2D eigenvalue weighted by molar-refractivity contribution is 9.10. The minimum Gasteiger partial charge on any atom is -0.357 e. The van der Waals surface area contributed by atoms with Crippen LogP contribution in [0.1, 0.15) is 0 Å². The molecule has 3 rings (SSSR count). The zero-order valence-electron chi connectivity index (χ0n) is 9.25. The quantitative estimate of drug-likeness (QED) is 0.678. The molecule has 2 aromatic carbocycles. The number of halogens is 1. The lowest BCUT2D eigenvalue weighted by Crippen LogP contribution is -2.14. The van der Waals surface area contributed by atoms with Gasteiger partial charge in [-0.25, -0.2) is 0 Å². The van der Waals surface area contributed by atoms with E-state index in [9.17, 15) is 0 Å². The van der Waals surface area contributed by atoms with Crippen molar-refractivity contribution in [3.05, 3.63) is 46.9 Å². The predicted molar refractivity (Wildman–Crippen MR) is 73.1 cm³/mol. The molecule has 0 aliphatic heterocycles. The summed E-state index contributed by atoms with van der Waals surface area (Å²) in [6.45, 7) is 0. The van der Waals surface area contributed by atoms with Crippen LogP contribution in [0.4, 0.5) is 0 Å². The summed E-state index contributed by atoms with van der Waals surface area (Å²) in [5, 5.41) is 7.93. The van der Waals surface area contributed by atoms with Crippen molar-refractivity contribution in [1.29, 1.82) is 0 Å². The van der Waals surface area contributed by atoms with E-state index in [4.69, 9.17) is 12.7 Å². The van der Waals surface area contributed by atoms with Gasteiger partial charge in [-0.2, -0.15) is 0 Å². The zero-order chi connectivity index (χ0) is 12.5. The van der Waals surface area contributed by atoms with Crippen molar-refractivity contribution in [2.45, 2.75) is 0 Å². The summed E-state index contributed by atoms with van der Waals surface area (Å²) < 4.78 is 0.899. The SMILES string of the molecule is [B]c1cc(Br)ccc1On1nnc2ccccc21. The fourth-order valence-electron chi connectivity index (χ4n) is 1.61. The predicted octanol–water partition coefficient (Wildman–Crippen LogP) is 1.83. The van der Waals surface area contributed by atoms with E-state index in [1.807, 2.05) is 30.3 Å². The van der Waals surface area contributed by atoms with Crippen LogP contribution in [0.15, 0.2) is 46.9 Å². The van der Waals surface area contributed by atoms with E-state index >= 15 is 0 Å². The summed E-state index contributed by atoms with van der Waals surface area (Å²) in [6, 6.07) is 12.9. The summed E-state index contributed by atoms with van der Waals surface area (Å²) in [5.41, 5.74) is 2.09. The molecule has 0 saturated carbocycles. The summed E-state index contributed by atoms with van der Waals surface area (Å²) in [4.78, 5) is 6.97. The van der Waals surface area contributed by atoms with E-state index in [0.717, 1.165) is 15.5 Å². The van der Waals surface area contributed by atoms with Crippen LogP contribution in [0.5, 0.6) is 5.75 Å². The van der Waals surface area contributed by atoms with Crippen LogP contribution >= 0.6 is 15.9 Å². The topological polar surface area (TPSA) is 39.9 Å². The molecule has 6 heteroatoms. The molecule has 86 valence electrons. The minimum atomic E-state index is 0.531. The molecule has 1 heterocycles. The van der Waals surface area contributed by atoms with Crippen molar-refractivity contribution in [3.8, 4) is 5.75 Å². The third-order valence-corrected chi connectivity index (χ3v) is 2.97. The van der Waals surface area contributed by atoms with Crippen molar-refractivity contribution < 1.29 is 4.84 Å². The van der Waals surface area contributed by atoms with E-state index in [-0.39, 0.29) is 0 Å². The number of fused-ring (bicyclic) bond motifs is 1. The van der Waals surface area contributed by atoms with Gasteiger partial charge < -0.3 is 4.84 Å². The molecule has 3 aromatic rings. The van der Waals surface area contributed by atoms with Crippen LogP contribution < -0.4 is 10.3 Å². The average molecular weight is 300 g/mol. The first-order valence-electron chi connectivity index (χ1n) is 5.28. The number of aromatic nitrogens is 3. The number of benzene rings is 2. The van der Waals surface area contributed by atoms with Gasteiger partial charge in [0.05, 0.1) is 0 Å². The second kappa shape index (κ2) is 4.46. The zero-order valence-corrected chi connectivity index (χ0v) is 10.8. The Kier molecular flexibility index (Phi) is 2.79. The molecule has 0 saturated heterocycles. The lowest BCUT2D eigenvalue weighted by molar-refractivity contribution is 0.186. The summed E-state index contributed by atoms with van der Waals surface area (Å²) in [6.07, 6.45) is 0. The highest BCUT2D eigenvalue weighted by Crippen LogP contribution is 2.16. The van der Waals surface area contributed by atoms with Crippen LogP contribution in [0.25, 0.3) is 11.0 Å². The second-order valence-electron chi connectivity index (χ2n) is 3.72. The van der Waals surface area contributed by atoms with Crippen molar-refractivity contribution in [2.75, 3.05) is 0 Å². The molecule has 0 aliphatic carbocycles. The first-order chi connectivity index (χ1) is 8.74. The molecule has 2 radical (unpaired) electrons. The highest BCUT2D eigenvalue weighted by Gasteiger charge is 2.06. The molecule has 1 aromatic heterocycles. The Balaban J connectivity index is 2.01. The third-order valence-electron chi connectivity index (χ3n) is 2.48. The van der Waals surface area contributed by atoms with Gasteiger partial charge in [0, 0.05) is 4.47 Å². The van der Waals surface area contributed by atoms with Gasteiger partial charge in [-0.05, 0) is 29.5 Å². The Morgan fingerprint density at radius 2 is 2.00 bits per heavy atom. The number of para-hydroxylation sites is 1. The lowest BCUT2D eigenvalue weighted by atomic mass is 9.95. The molecule has 18 heavy (non-hydrogen) atoms. The largest absolute Gasteiger partial charge is 0.357 e. The molecular formula is C12H7BBrN3O. The van der Waals surface area contributed by atoms with E-state index in [2.05, 4.69) is 26.2 Å². The van der Waals surface area contributed by atoms with Gasteiger partial charge in [0.15, 0.2) is 5.75 Å². The Morgan fingerprint density at radius 3 is 2.83 bits per heavy atom. The first kappa shape index (κ1) is 11.3. The second-order valence-corrected chi connectivity index (χ2v) is 4.64. The van der Waals surface area contributed by atoms with Gasteiger partial charge in [-0.15, -0.1) is 5.10 Å². The van der Waals surface area contributed by atoms with Crippen LogP contribution in [0, 0.1) is 0 Å². The summed E-state index contributed by atoms with van der Waals surface area (Å²) in [7, 11) is 5.87. The van der Waals surface area contributed by atoms with Gasteiger partial charge in [0.25, 0.3) is 0 Å². The maximum absolute atomic E-state index is 5.87. The molecule has 0 atom stereocenters. The van der Waals surface area contributed by atoms with Crippen molar-refractivity contribution in [3.63, 3.8) is 0 Å². The van der Waals surface area contributed by atoms with Gasteiger partial charge in [-0.1, -0.05) is 44.4 Å². The molecule has 0 aliphatic rings. The molecule has 0 unspecified atom stereocenters. The summed E-state index contributed by atoms with van der Waals surface area (Å²) in [5.74, 6) is 0.536. The number of nitrogens with zero attached hydrogens (tertiary/aromatic N) is 3. The first-order valence-corrected chi connectivity index (χ1v) is 6.07. The molecule has 0 amide bonds. The highest BCUT2D eigenvalue weighted by atomic mass is 79.9. The third kappa shape index (κ3) is 1.99. The maximum atomic E-state index is 5.87. The van der Waals surface area contributed by atoms with E-state index < -0.39 is 0 Å². The van der Waals surface area contributed by atoms with Gasteiger partial charge in [0.2, 0.25) is 0 Å². The van der Waals surface area contributed by atoms with Crippen LogP contribution in [-0.4, -0.2) is 23.0 Å². The Hall–Kier alpha value is -1.82. The molecular weight excluding hydrogens is 293 g/mol. The Morgan fingerprint density at radius 1 is 1.17 bits per heavy atom. The monoisotopic (exact) mass is 299 g/mol. The van der Waals surface area contributed by atoms with E-state index in [0.29, 0.717) is 11.2 Å². The lowest BCUT2D eigenvalue weighted by Gasteiger charge is -2.08. The fourth-order valence-corrected chi connectivity index (χ4v) is 1.99. The average Bonchev–Trinajstić information content (AvgIpc) is 2.76. The van der Waals surface area contributed by atoms with E-state index in [1.54, 1.807) is 12.1 Å². The standard InChI is InChI=1S/C12H7BBrN3O/c13-9-7-8(14)5-6-12(9)18-17-11-4-2-1-3-10(11)15-16-17/h1-7H. The van der Waals surface area contributed by atoms with E-state index in [1.165, 1.54) is 4.85 Å². The van der Waals surface area contributed by atoms with Crippen LogP contribution in [0.2, 0.25) is 0 Å². The fraction of sp³-hybridized carbons (Fsp3) is 0. The van der Waals surface area contributed by atoms with Crippen LogP contribution in [0.3, 0.4) is 0 Å². The molecule has 0 fully saturated rings. The molecule has 0 bridgehead atoms. The smallest absolute Gasteiger partial charge is 0.151 e. The number of hydrogen-bond acceptors (Lipinski definition) is 3. The minimum absolute atomic E-state index is 0.531. The van der Waals surface area contributed by atoms with Crippen LogP contribution in [-0.2, 0) is 0 Å². The van der Waals surface area contributed by atoms with Gasteiger partial charge >= 0.3 is 0 Å². The molecule has 4 nitrogen and oxygen atoms in total. The number of hydrogen-bond donors (Lipinski definition) is 0. The molecule has 0 N–H and O–H groups in total. The summed E-state index contributed by atoms with van der Waals surface area (Å²) >= 11 is 3.34. The van der Waals surface area contributed by atoms with Crippen molar-refractivity contribution in [2.24, 2.45) is 0 Å². The van der Waals surface area contributed by atoms with Gasteiger partial charge in [-0.3, -0.25) is 0 Å².